The van der Waals surface area contributed by atoms with Crippen LogP contribution < -0.4 is 15.3 Å². The summed E-state index contributed by atoms with van der Waals surface area (Å²) in [5.74, 6) is 0.468. The van der Waals surface area contributed by atoms with E-state index in [9.17, 15) is 4.39 Å². The van der Waals surface area contributed by atoms with E-state index in [1.54, 1.807) is 6.07 Å². The molecule has 0 N–H and O–H groups in total. The van der Waals surface area contributed by atoms with Crippen molar-refractivity contribution < 1.29 is 9.13 Å². The lowest BCUT2D eigenvalue weighted by Gasteiger charge is -2.22. The highest BCUT2D eigenvalue weighted by Gasteiger charge is 2.14. The minimum atomic E-state index is -0.264. The van der Waals surface area contributed by atoms with Crippen molar-refractivity contribution in [2.75, 3.05) is 0 Å². The van der Waals surface area contributed by atoms with Gasteiger partial charge in [0.1, 0.15) is 17.2 Å². The van der Waals surface area contributed by atoms with Gasteiger partial charge in [0.15, 0.2) is 0 Å². The third kappa shape index (κ3) is 3.19. The van der Waals surface area contributed by atoms with Gasteiger partial charge >= 0.3 is 0 Å². The summed E-state index contributed by atoms with van der Waals surface area (Å²) in [6.45, 7) is 5.88. The number of halogens is 1. The summed E-state index contributed by atoms with van der Waals surface area (Å²) >= 11 is 0. The molecular weight excluding hydrogens is 217 g/mol. The van der Waals surface area contributed by atoms with Gasteiger partial charge in [0, 0.05) is 10.6 Å². The molecule has 0 aliphatic heterocycles. The Morgan fingerprint density at radius 2 is 1.71 bits per heavy atom. The summed E-state index contributed by atoms with van der Waals surface area (Å²) in [6, 6.07) is 3.14. The second-order valence-corrected chi connectivity index (χ2v) is 5.37. The van der Waals surface area contributed by atoms with Gasteiger partial charge < -0.3 is 4.74 Å². The van der Waals surface area contributed by atoms with Crippen LogP contribution in [0.3, 0.4) is 0 Å². The Bertz CT molecular complexity index is 345. The molecule has 0 fully saturated rings. The number of ether oxygens (including phenoxy) is 1. The van der Waals surface area contributed by atoms with Crippen LogP contribution >= 0.6 is 18.5 Å². The number of rotatable bonds is 1. The highest BCUT2D eigenvalue weighted by molar-refractivity contribution is 7.28. The van der Waals surface area contributed by atoms with Crippen molar-refractivity contribution in [3.63, 3.8) is 0 Å². The molecule has 4 heteroatoms. The molecule has 0 radical (unpaired) electrons. The van der Waals surface area contributed by atoms with E-state index in [-0.39, 0.29) is 11.4 Å². The molecule has 2 unspecified atom stereocenters. The van der Waals surface area contributed by atoms with E-state index in [1.807, 2.05) is 20.8 Å². The zero-order valence-electron chi connectivity index (χ0n) is 8.60. The van der Waals surface area contributed by atoms with Gasteiger partial charge in [-0.25, -0.2) is 4.39 Å². The van der Waals surface area contributed by atoms with Gasteiger partial charge in [-0.05, 0) is 32.9 Å². The maximum Gasteiger partial charge on any atom is 0.131 e. The topological polar surface area (TPSA) is 9.23 Å². The van der Waals surface area contributed by atoms with E-state index in [0.717, 1.165) is 5.30 Å². The van der Waals surface area contributed by atoms with Gasteiger partial charge in [-0.1, -0.05) is 0 Å². The zero-order chi connectivity index (χ0) is 10.9. The Morgan fingerprint density at radius 1 is 1.14 bits per heavy atom. The molecule has 0 saturated carbocycles. The molecule has 14 heavy (non-hydrogen) atoms. The Labute approximate surface area is 88.8 Å². The molecule has 0 aromatic heterocycles. The predicted octanol–water partition coefficient (Wildman–Crippen LogP) is 2.00. The van der Waals surface area contributed by atoms with Crippen LogP contribution in [0.25, 0.3) is 0 Å². The van der Waals surface area contributed by atoms with Crippen molar-refractivity contribution in [2.45, 2.75) is 26.4 Å². The van der Waals surface area contributed by atoms with E-state index in [2.05, 4.69) is 18.5 Å². The number of benzene rings is 1. The maximum atomic E-state index is 13.1. The predicted molar refractivity (Wildman–Crippen MR) is 65.5 cm³/mol. The first-order chi connectivity index (χ1) is 6.29. The van der Waals surface area contributed by atoms with Crippen LogP contribution in [0.15, 0.2) is 12.1 Å². The Morgan fingerprint density at radius 3 is 2.21 bits per heavy atom. The average Bonchev–Trinajstić information content (AvgIpc) is 1.97. The van der Waals surface area contributed by atoms with E-state index < -0.39 is 0 Å². The maximum absolute atomic E-state index is 13.1. The number of hydrogen-bond donors (Lipinski definition) is 0. The summed E-state index contributed by atoms with van der Waals surface area (Å²) < 4.78 is 18.8. The van der Waals surface area contributed by atoms with Gasteiger partial charge in [-0.2, -0.15) is 0 Å². The van der Waals surface area contributed by atoms with Crippen molar-refractivity contribution in [3.8, 4) is 5.75 Å². The third-order valence-corrected chi connectivity index (χ3v) is 2.44. The Balaban J connectivity index is 3.04. The van der Waals surface area contributed by atoms with Crippen molar-refractivity contribution in [1.29, 1.82) is 0 Å². The van der Waals surface area contributed by atoms with Gasteiger partial charge in [-0.3, -0.25) is 0 Å². The molecule has 2 atom stereocenters. The lowest BCUT2D eigenvalue weighted by Crippen LogP contribution is -2.26. The quantitative estimate of drug-likeness (QED) is 0.673. The minimum absolute atomic E-state index is 0.235. The zero-order valence-corrected chi connectivity index (χ0v) is 10.9. The lowest BCUT2D eigenvalue weighted by atomic mass is 10.2. The molecule has 0 spiro atoms. The average molecular weight is 232 g/mol. The van der Waals surface area contributed by atoms with Crippen molar-refractivity contribution in [3.05, 3.63) is 17.9 Å². The monoisotopic (exact) mass is 232 g/mol. The van der Waals surface area contributed by atoms with Crippen molar-refractivity contribution in [2.24, 2.45) is 0 Å². The SMILES string of the molecule is CC(C)(C)Oc1cc(P)c(F)cc1P. The van der Waals surface area contributed by atoms with E-state index in [0.29, 0.717) is 11.1 Å². The molecule has 1 aromatic carbocycles. The molecule has 0 amide bonds. The van der Waals surface area contributed by atoms with Crippen LogP contribution in [-0.4, -0.2) is 5.60 Å². The fraction of sp³-hybridized carbons (Fsp3) is 0.400. The second kappa shape index (κ2) is 4.13. The van der Waals surface area contributed by atoms with Crippen LogP contribution in [0.5, 0.6) is 5.75 Å². The number of hydrogen-bond acceptors (Lipinski definition) is 1. The Kier molecular flexibility index (Phi) is 3.50. The largest absolute Gasteiger partial charge is 0.487 e. The summed E-state index contributed by atoms with van der Waals surface area (Å²) in [5, 5.41) is 1.26. The van der Waals surface area contributed by atoms with Crippen LogP contribution in [0.2, 0.25) is 0 Å². The van der Waals surface area contributed by atoms with Crippen molar-refractivity contribution in [1.82, 2.24) is 0 Å². The highest BCUT2D eigenvalue weighted by Crippen LogP contribution is 2.18. The second-order valence-electron chi connectivity index (χ2n) is 4.13. The normalized spacial score (nSPS) is 11.6. The van der Waals surface area contributed by atoms with Crippen LogP contribution in [-0.2, 0) is 0 Å². The van der Waals surface area contributed by atoms with E-state index >= 15 is 0 Å². The van der Waals surface area contributed by atoms with Crippen LogP contribution in [0, 0.1) is 5.82 Å². The first-order valence-corrected chi connectivity index (χ1v) is 5.48. The van der Waals surface area contributed by atoms with Gasteiger partial charge in [0.25, 0.3) is 0 Å². The van der Waals surface area contributed by atoms with Gasteiger partial charge in [0.05, 0.1) is 0 Å². The van der Waals surface area contributed by atoms with Gasteiger partial charge in [-0.15, -0.1) is 18.5 Å². The van der Waals surface area contributed by atoms with E-state index in [4.69, 9.17) is 4.74 Å². The molecule has 1 aromatic rings. The summed E-state index contributed by atoms with van der Waals surface area (Å²) in [6.07, 6.45) is 0. The third-order valence-electron chi connectivity index (χ3n) is 1.55. The molecule has 0 heterocycles. The molecule has 1 rings (SSSR count). The van der Waals surface area contributed by atoms with Crippen LogP contribution in [0.4, 0.5) is 4.39 Å². The molecule has 0 aliphatic carbocycles. The summed E-state index contributed by atoms with van der Waals surface area (Å²) in [4.78, 5) is 0. The lowest BCUT2D eigenvalue weighted by molar-refractivity contribution is 0.132. The molecule has 0 bridgehead atoms. The summed E-state index contributed by atoms with van der Waals surface area (Å²) in [5.41, 5.74) is -0.264. The molecule has 0 saturated heterocycles. The van der Waals surface area contributed by atoms with E-state index in [1.165, 1.54) is 6.07 Å². The molecular formula is C10H15FOP2. The first-order valence-electron chi connectivity index (χ1n) is 4.33. The van der Waals surface area contributed by atoms with Crippen molar-refractivity contribution >= 4 is 29.1 Å². The minimum Gasteiger partial charge on any atom is -0.487 e. The molecule has 1 nitrogen and oxygen atoms in total. The van der Waals surface area contributed by atoms with Gasteiger partial charge in [0.2, 0.25) is 0 Å². The summed E-state index contributed by atoms with van der Waals surface area (Å²) in [7, 11) is 4.82. The fourth-order valence-electron chi connectivity index (χ4n) is 1.00. The fourth-order valence-corrected chi connectivity index (χ4v) is 1.53. The molecule has 78 valence electrons. The van der Waals surface area contributed by atoms with Crippen LogP contribution in [0.1, 0.15) is 20.8 Å². The first kappa shape index (κ1) is 11.9. The molecule has 0 aliphatic rings. The highest BCUT2D eigenvalue weighted by atomic mass is 31.0. The Hall–Kier alpha value is -0.190. The smallest absolute Gasteiger partial charge is 0.131 e. The standard InChI is InChI=1S/C10H15FOP2/c1-10(2,3)12-7-5-8(13)6(11)4-9(7)14/h4-5H,13-14H2,1-3H3.